The first kappa shape index (κ1) is 26.8. The lowest BCUT2D eigenvalue weighted by atomic mass is 9.75. The Bertz CT molecular complexity index is 1270. The van der Waals surface area contributed by atoms with Crippen LogP contribution in [0.1, 0.15) is 24.1 Å². The van der Waals surface area contributed by atoms with Crippen molar-refractivity contribution in [1.29, 1.82) is 0 Å². The highest BCUT2D eigenvalue weighted by molar-refractivity contribution is 5.80. The minimum atomic E-state index is 0.112. The topological polar surface area (TPSA) is 70.0 Å². The molecule has 0 radical (unpaired) electrons. The van der Waals surface area contributed by atoms with Crippen LogP contribution in [-0.2, 0) is 24.4 Å². The summed E-state index contributed by atoms with van der Waals surface area (Å²) in [5.41, 5.74) is 3.41. The Morgan fingerprint density at radius 1 is 1.00 bits per heavy atom. The van der Waals surface area contributed by atoms with Gasteiger partial charge in [-0.2, -0.15) is 0 Å². The summed E-state index contributed by atoms with van der Waals surface area (Å²) in [4.78, 5) is 22.9. The zero-order valence-corrected chi connectivity index (χ0v) is 23.7. The summed E-state index contributed by atoms with van der Waals surface area (Å²) in [5, 5.41) is 8.90. The molecular weight excluding hydrogens is 502 g/mol. The number of rotatable bonds is 9. The standard InChI is InChI=1S/C31H41N7O2/c1-34(19-24-8-4-3-5-9-24)20-26-21-38(33-32-26)22-27-18-25-12-13-37(27)23-28(25)31(39)36-16-14-35(15-17-36)29-10-6-7-11-30(29)40-2/h3-11,21,25,27-28H,12-20,22-23H2,1-2H3/t25-,27-,28+/m1/s1. The molecule has 1 unspecified atom stereocenters. The summed E-state index contributed by atoms with van der Waals surface area (Å²) in [6.07, 6.45) is 4.26. The van der Waals surface area contributed by atoms with Crippen LogP contribution in [0.15, 0.2) is 60.8 Å². The summed E-state index contributed by atoms with van der Waals surface area (Å²) >= 11 is 0. The van der Waals surface area contributed by atoms with E-state index >= 15 is 0 Å². The number of amides is 1. The van der Waals surface area contributed by atoms with Crippen molar-refractivity contribution < 1.29 is 9.53 Å². The van der Waals surface area contributed by atoms with Crippen LogP contribution in [0, 0.1) is 11.8 Å². The number of ether oxygens (including phenoxy) is 1. The molecule has 4 aliphatic heterocycles. The van der Waals surface area contributed by atoms with Crippen molar-refractivity contribution in [3.05, 3.63) is 72.1 Å². The van der Waals surface area contributed by atoms with Gasteiger partial charge in [0.15, 0.2) is 0 Å². The van der Waals surface area contributed by atoms with Gasteiger partial charge in [0.05, 0.1) is 31.0 Å². The molecule has 1 aromatic heterocycles. The van der Waals surface area contributed by atoms with E-state index < -0.39 is 0 Å². The van der Waals surface area contributed by atoms with Gasteiger partial charge in [0.25, 0.3) is 0 Å². The van der Waals surface area contributed by atoms with E-state index in [1.54, 1.807) is 7.11 Å². The van der Waals surface area contributed by atoms with Crippen LogP contribution in [0.5, 0.6) is 5.75 Å². The Morgan fingerprint density at radius 2 is 1.77 bits per heavy atom. The Kier molecular flexibility index (Phi) is 8.02. The van der Waals surface area contributed by atoms with Crippen molar-refractivity contribution in [3.8, 4) is 5.75 Å². The first-order valence-electron chi connectivity index (χ1n) is 14.6. The molecule has 0 spiro atoms. The zero-order chi connectivity index (χ0) is 27.5. The lowest BCUT2D eigenvalue weighted by Gasteiger charge is -2.50. The summed E-state index contributed by atoms with van der Waals surface area (Å²) in [5.74, 6) is 1.80. The number of carbonyl (C=O) groups is 1. The third kappa shape index (κ3) is 5.86. The molecule has 9 heteroatoms. The number of fused-ring (bicyclic) bond motifs is 3. The van der Waals surface area contributed by atoms with Crippen molar-refractivity contribution in [2.45, 2.75) is 38.5 Å². The highest BCUT2D eigenvalue weighted by Gasteiger charge is 2.44. The maximum absolute atomic E-state index is 13.6. The Hall–Kier alpha value is -3.43. The number of hydrogen-bond acceptors (Lipinski definition) is 7. The Labute approximate surface area is 237 Å². The van der Waals surface area contributed by atoms with E-state index in [-0.39, 0.29) is 5.92 Å². The molecule has 0 aliphatic carbocycles. The van der Waals surface area contributed by atoms with Crippen LogP contribution < -0.4 is 9.64 Å². The Balaban J connectivity index is 0.998. The molecule has 4 atom stereocenters. The minimum Gasteiger partial charge on any atom is -0.495 e. The molecule has 2 bridgehead atoms. The van der Waals surface area contributed by atoms with Gasteiger partial charge in [0, 0.05) is 58.1 Å². The zero-order valence-electron chi connectivity index (χ0n) is 23.7. The van der Waals surface area contributed by atoms with E-state index in [4.69, 9.17) is 4.74 Å². The molecular formula is C31H41N7O2. The van der Waals surface area contributed by atoms with Crippen LogP contribution in [0.25, 0.3) is 0 Å². The van der Waals surface area contributed by atoms with Gasteiger partial charge in [0.1, 0.15) is 5.75 Å². The molecule has 4 aliphatic rings. The van der Waals surface area contributed by atoms with E-state index in [0.717, 1.165) is 88.9 Å². The molecule has 212 valence electrons. The molecule has 7 rings (SSSR count). The van der Waals surface area contributed by atoms with Crippen molar-refractivity contribution in [2.24, 2.45) is 11.8 Å². The van der Waals surface area contributed by atoms with E-state index in [1.807, 2.05) is 28.9 Å². The van der Waals surface area contributed by atoms with Gasteiger partial charge in [-0.3, -0.25) is 19.3 Å². The monoisotopic (exact) mass is 543 g/mol. The van der Waals surface area contributed by atoms with Gasteiger partial charge in [0.2, 0.25) is 5.91 Å². The summed E-state index contributed by atoms with van der Waals surface area (Å²) in [6, 6.07) is 19.1. The maximum atomic E-state index is 13.6. The second-order valence-electron chi connectivity index (χ2n) is 11.6. The number of anilines is 1. The molecule has 2 aromatic carbocycles. The van der Waals surface area contributed by atoms with Crippen LogP contribution in [-0.4, -0.2) is 95.1 Å². The van der Waals surface area contributed by atoms with Gasteiger partial charge in [-0.15, -0.1) is 5.10 Å². The summed E-state index contributed by atoms with van der Waals surface area (Å²) in [6.45, 7) is 7.64. The minimum absolute atomic E-state index is 0.112. The quantitative estimate of drug-likeness (QED) is 0.411. The van der Waals surface area contributed by atoms with Crippen molar-refractivity contribution in [2.75, 3.05) is 58.3 Å². The molecule has 1 amide bonds. The molecule has 5 heterocycles. The number of piperazine rings is 1. The number of para-hydroxylation sites is 2. The highest BCUT2D eigenvalue weighted by Crippen LogP contribution is 2.38. The normalized spacial score (nSPS) is 24.5. The average Bonchev–Trinajstić information content (AvgIpc) is 3.43. The number of hydrogen-bond donors (Lipinski definition) is 0. The van der Waals surface area contributed by atoms with Crippen molar-refractivity contribution >= 4 is 11.6 Å². The number of benzene rings is 2. The molecule has 0 N–H and O–H groups in total. The van der Waals surface area contributed by atoms with Crippen LogP contribution in [0.4, 0.5) is 5.69 Å². The highest BCUT2D eigenvalue weighted by atomic mass is 16.5. The first-order chi connectivity index (χ1) is 19.6. The summed E-state index contributed by atoms with van der Waals surface area (Å²) in [7, 11) is 3.83. The molecule has 0 saturated carbocycles. The maximum Gasteiger partial charge on any atom is 0.227 e. The third-order valence-corrected chi connectivity index (χ3v) is 8.92. The third-order valence-electron chi connectivity index (χ3n) is 8.92. The molecule has 3 aromatic rings. The number of carbonyl (C=O) groups excluding carboxylic acids is 1. The summed E-state index contributed by atoms with van der Waals surface area (Å²) < 4.78 is 7.56. The fourth-order valence-electron chi connectivity index (χ4n) is 6.84. The largest absolute Gasteiger partial charge is 0.495 e. The lowest BCUT2D eigenvalue weighted by Crippen LogP contribution is -2.60. The first-order valence-corrected chi connectivity index (χ1v) is 14.6. The predicted octanol–water partition coefficient (Wildman–Crippen LogP) is 2.98. The second kappa shape index (κ2) is 12.0. The van der Waals surface area contributed by atoms with E-state index in [9.17, 15) is 4.79 Å². The van der Waals surface area contributed by atoms with Crippen LogP contribution in [0.3, 0.4) is 0 Å². The Morgan fingerprint density at radius 3 is 2.52 bits per heavy atom. The van der Waals surface area contributed by atoms with Crippen LogP contribution in [0.2, 0.25) is 0 Å². The van der Waals surface area contributed by atoms with Crippen LogP contribution >= 0.6 is 0 Å². The second-order valence-corrected chi connectivity index (χ2v) is 11.6. The molecule has 4 saturated heterocycles. The van der Waals surface area contributed by atoms with Gasteiger partial charge in [-0.25, -0.2) is 0 Å². The SMILES string of the molecule is COc1ccccc1N1CCN(C(=O)[C@H]2CN3CC[C@@H]2C[C@@H]3Cn2cc(CN(C)Cc3ccccc3)nn2)CC1. The van der Waals surface area contributed by atoms with Gasteiger partial charge < -0.3 is 14.5 Å². The number of aromatic nitrogens is 3. The smallest absolute Gasteiger partial charge is 0.227 e. The lowest BCUT2D eigenvalue weighted by molar-refractivity contribution is -0.144. The van der Waals surface area contributed by atoms with E-state index in [0.29, 0.717) is 17.9 Å². The van der Waals surface area contributed by atoms with E-state index in [1.165, 1.54) is 5.56 Å². The molecule has 9 nitrogen and oxygen atoms in total. The average molecular weight is 544 g/mol. The van der Waals surface area contributed by atoms with Gasteiger partial charge in [-0.05, 0) is 50.0 Å². The van der Waals surface area contributed by atoms with Gasteiger partial charge in [-0.1, -0.05) is 47.7 Å². The van der Waals surface area contributed by atoms with Gasteiger partial charge >= 0.3 is 0 Å². The number of piperidine rings is 3. The molecule has 4 fully saturated rings. The van der Waals surface area contributed by atoms with Crippen molar-refractivity contribution in [3.63, 3.8) is 0 Å². The number of methoxy groups -OCH3 is 1. The fourth-order valence-corrected chi connectivity index (χ4v) is 6.84. The molecule has 40 heavy (non-hydrogen) atoms. The fraction of sp³-hybridized carbons (Fsp3) is 0.516. The number of nitrogens with zero attached hydrogens (tertiary/aromatic N) is 7. The van der Waals surface area contributed by atoms with E-state index in [2.05, 4.69) is 73.5 Å². The predicted molar refractivity (Wildman–Crippen MR) is 155 cm³/mol. The van der Waals surface area contributed by atoms with Crippen molar-refractivity contribution in [1.82, 2.24) is 29.7 Å².